The molecule has 7 nitrogen and oxygen atoms in total. The van der Waals surface area contributed by atoms with Crippen LogP contribution in [0.4, 0.5) is 0 Å². The van der Waals surface area contributed by atoms with Crippen LogP contribution in [0.5, 0.6) is 11.5 Å². The lowest BCUT2D eigenvalue weighted by molar-refractivity contribution is 0.0940. The predicted molar refractivity (Wildman–Crippen MR) is 93.2 cm³/mol. The van der Waals surface area contributed by atoms with Crippen molar-refractivity contribution in [2.75, 3.05) is 14.2 Å². The lowest BCUT2D eigenvalue weighted by atomic mass is 10.1. The lowest BCUT2D eigenvalue weighted by Crippen LogP contribution is -2.26. The fourth-order valence-corrected chi connectivity index (χ4v) is 2.64. The van der Waals surface area contributed by atoms with E-state index in [1.165, 1.54) is 0 Å². The molecule has 130 valence electrons. The van der Waals surface area contributed by atoms with E-state index < -0.39 is 0 Å². The zero-order chi connectivity index (χ0) is 18.0. The van der Waals surface area contributed by atoms with Crippen LogP contribution in [0.25, 0.3) is 5.65 Å². The number of nitrogens with zero attached hydrogens (tertiary/aromatic N) is 3. The monoisotopic (exact) mass is 340 g/mol. The van der Waals surface area contributed by atoms with Crippen molar-refractivity contribution < 1.29 is 14.3 Å². The maximum atomic E-state index is 12.5. The molecule has 3 rings (SSSR count). The Morgan fingerprint density at radius 3 is 2.60 bits per heavy atom. The molecule has 0 aliphatic rings. The lowest BCUT2D eigenvalue weighted by Gasteiger charge is -2.16. The fraction of sp³-hybridized carbons (Fsp3) is 0.278. The van der Waals surface area contributed by atoms with Gasteiger partial charge < -0.3 is 14.8 Å². The Balaban J connectivity index is 1.79. The standard InChI is InChI=1S/C18H20N4O3/c1-11(13-5-6-15(24-3)16(9-13)25-4)19-18(23)14-7-8-22-12(2)20-21-17(22)10-14/h5-11H,1-4H3,(H,19,23). The number of benzene rings is 1. The number of methoxy groups -OCH3 is 2. The molecule has 0 saturated carbocycles. The Labute approximate surface area is 145 Å². The van der Waals surface area contributed by atoms with Crippen molar-refractivity contribution in [3.05, 3.63) is 53.5 Å². The molecule has 1 amide bonds. The summed E-state index contributed by atoms with van der Waals surface area (Å²) in [5.41, 5.74) is 2.10. The Morgan fingerprint density at radius 2 is 1.88 bits per heavy atom. The molecule has 0 bridgehead atoms. The quantitative estimate of drug-likeness (QED) is 0.772. The molecule has 1 unspecified atom stereocenters. The number of hydrogen-bond acceptors (Lipinski definition) is 5. The first-order chi connectivity index (χ1) is 12.0. The van der Waals surface area contributed by atoms with Crippen LogP contribution in [0.1, 0.15) is 34.7 Å². The molecule has 7 heteroatoms. The summed E-state index contributed by atoms with van der Waals surface area (Å²) in [4.78, 5) is 12.5. The van der Waals surface area contributed by atoms with Gasteiger partial charge in [-0.1, -0.05) is 6.07 Å². The first-order valence-corrected chi connectivity index (χ1v) is 7.87. The second-order valence-corrected chi connectivity index (χ2v) is 5.70. The molecule has 1 atom stereocenters. The summed E-state index contributed by atoms with van der Waals surface area (Å²) < 4.78 is 12.4. The van der Waals surface area contributed by atoms with Crippen molar-refractivity contribution >= 4 is 11.6 Å². The minimum absolute atomic E-state index is 0.176. The summed E-state index contributed by atoms with van der Waals surface area (Å²) in [5, 5.41) is 11.0. The van der Waals surface area contributed by atoms with Crippen molar-refractivity contribution in [3.8, 4) is 11.5 Å². The van der Waals surface area contributed by atoms with Crippen LogP contribution in [0, 0.1) is 6.92 Å². The van der Waals surface area contributed by atoms with Crippen LogP contribution in [0.15, 0.2) is 36.5 Å². The van der Waals surface area contributed by atoms with Crippen LogP contribution < -0.4 is 14.8 Å². The smallest absolute Gasteiger partial charge is 0.251 e. The minimum Gasteiger partial charge on any atom is -0.493 e. The predicted octanol–water partition coefficient (Wildman–Crippen LogP) is 2.55. The van der Waals surface area contributed by atoms with Crippen LogP contribution in [-0.4, -0.2) is 34.7 Å². The number of nitrogens with one attached hydrogen (secondary N) is 1. The van der Waals surface area contributed by atoms with E-state index in [-0.39, 0.29) is 11.9 Å². The van der Waals surface area contributed by atoms with Crippen molar-refractivity contribution in [3.63, 3.8) is 0 Å². The van der Waals surface area contributed by atoms with Gasteiger partial charge in [0.25, 0.3) is 5.91 Å². The summed E-state index contributed by atoms with van der Waals surface area (Å²) in [6, 6.07) is 8.85. The Bertz CT molecular complexity index is 920. The van der Waals surface area contributed by atoms with Crippen molar-refractivity contribution in [1.29, 1.82) is 0 Å². The van der Waals surface area contributed by atoms with Gasteiger partial charge in [-0.15, -0.1) is 10.2 Å². The zero-order valence-corrected chi connectivity index (χ0v) is 14.6. The number of hydrogen-bond donors (Lipinski definition) is 1. The molecular weight excluding hydrogens is 320 g/mol. The van der Waals surface area contributed by atoms with E-state index in [0.717, 1.165) is 11.4 Å². The molecular formula is C18H20N4O3. The van der Waals surface area contributed by atoms with E-state index in [9.17, 15) is 4.79 Å². The number of rotatable bonds is 5. The average Bonchev–Trinajstić information content (AvgIpc) is 3.01. The molecule has 0 aliphatic heterocycles. The molecule has 0 aliphatic carbocycles. The summed E-state index contributed by atoms with van der Waals surface area (Å²) in [5.74, 6) is 1.88. The molecule has 3 aromatic rings. The number of pyridine rings is 1. The van der Waals surface area contributed by atoms with E-state index >= 15 is 0 Å². The van der Waals surface area contributed by atoms with E-state index in [0.29, 0.717) is 22.7 Å². The summed E-state index contributed by atoms with van der Waals surface area (Å²) in [7, 11) is 3.17. The summed E-state index contributed by atoms with van der Waals surface area (Å²) >= 11 is 0. The highest BCUT2D eigenvalue weighted by atomic mass is 16.5. The topological polar surface area (TPSA) is 77.8 Å². The van der Waals surface area contributed by atoms with Crippen molar-refractivity contribution in [2.45, 2.75) is 19.9 Å². The maximum Gasteiger partial charge on any atom is 0.251 e. The Morgan fingerprint density at radius 1 is 1.12 bits per heavy atom. The van der Waals surface area contributed by atoms with Gasteiger partial charge in [-0.2, -0.15) is 0 Å². The highest BCUT2D eigenvalue weighted by molar-refractivity contribution is 5.95. The van der Waals surface area contributed by atoms with Gasteiger partial charge in [-0.05, 0) is 43.7 Å². The van der Waals surface area contributed by atoms with Crippen LogP contribution in [0.2, 0.25) is 0 Å². The highest BCUT2D eigenvalue weighted by Gasteiger charge is 2.15. The second-order valence-electron chi connectivity index (χ2n) is 5.70. The number of amides is 1. The van der Waals surface area contributed by atoms with Gasteiger partial charge in [-0.3, -0.25) is 9.20 Å². The van der Waals surface area contributed by atoms with Crippen LogP contribution in [0.3, 0.4) is 0 Å². The van der Waals surface area contributed by atoms with E-state index in [1.807, 2.05) is 36.4 Å². The number of ether oxygens (including phenoxy) is 2. The van der Waals surface area contributed by atoms with Gasteiger partial charge in [0.15, 0.2) is 17.1 Å². The molecule has 0 spiro atoms. The average molecular weight is 340 g/mol. The van der Waals surface area contributed by atoms with Gasteiger partial charge in [0.1, 0.15) is 5.82 Å². The SMILES string of the molecule is COc1ccc(C(C)NC(=O)c2ccn3c(C)nnc3c2)cc1OC. The molecule has 1 N–H and O–H groups in total. The van der Waals surface area contributed by atoms with Gasteiger partial charge in [-0.25, -0.2) is 0 Å². The van der Waals surface area contributed by atoms with E-state index in [4.69, 9.17) is 9.47 Å². The van der Waals surface area contributed by atoms with Crippen molar-refractivity contribution in [2.24, 2.45) is 0 Å². The third-order valence-electron chi connectivity index (χ3n) is 4.10. The van der Waals surface area contributed by atoms with Crippen molar-refractivity contribution in [1.82, 2.24) is 19.9 Å². The van der Waals surface area contributed by atoms with Gasteiger partial charge in [0, 0.05) is 11.8 Å². The normalized spacial score (nSPS) is 12.0. The number of fused-ring (bicyclic) bond motifs is 1. The molecule has 2 heterocycles. The third kappa shape index (κ3) is 3.26. The molecule has 25 heavy (non-hydrogen) atoms. The van der Waals surface area contributed by atoms with E-state index in [2.05, 4.69) is 15.5 Å². The molecule has 0 saturated heterocycles. The number of aromatic nitrogens is 3. The fourth-order valence-electron chi connectivity index (χ4n) is 2.64. The first-order valence-electron chi connectivity index (χ1n) is 7.87. The maximum absolute atomic E-state index is 12.5. The number of carbonyl (C=O) groups excluding carboxylic acids is 1. The van der Waals surface area contributed by atoms with E-state index in [1.54, 1.807) is 32.5 Å². The molecule has 0 radical (unpaired) electrons. The minimum atomic E-state index is -0.192. The van der Waals surface area contributed by atoms with Gasteiger partial charge in [0.2, 0.25) is 0 Å². The third-order valence-corrected chi connectivity index (χ3v) is 4.10. The summed E-state index contributed by atoms with van der Waals surface area (Å²) in [6.07, 6.45) is 1.79. The number of carbonyl (C=O) groups is 1. The Kier molecular flexibility index (Phi) is 4.56. The van der Waals surface area contributed by atoms with Gasteiger partial charge in [0.05, 0.1) is 20.3 Å². The highest BCUT2D eigenvalue weighted by Crippen LogP contribution is 2.29. The molecule has 0 fully saturated rings. The summed E-state index contributed by atoms with van der Waals surface area (Å²) in [6.45, 7) is 3.78. The first kappa shape index (κ1) is 16.8. The molecule has 2 aromatic heterocycles. The van der Waals surface area contributed by atoms with Gasteiger partial charge >= 0.3 is 0 Å². The molecule has 1 aromatic carbocycles. The largest absolute Gasteiger partial charge is 0.493 e. The Hall–Kier alpha value is -3.09. The van der Waals surface area contributed by atoms with Crippen LogP contribution >= 0.6 is 0 Å². The number of aryl methyl sites for hydroxylation is 1. The zero-order valence-electron chi connectivity index (χ0n) is 14.6. The second kappa shape index (κ2) is 6.80. The van der Waals surface area contributed by atoms with Crippen LogP contribution in [-0.2, 0) is 0 Å².